The second-order valence-electron chi connectivity index (χ2n) is 5.91. The summed E-state index contributed by atoms with van der Waals surface area (Å²) in [5, 5.41) is 7.63. The van der Waals surface area contributed by atoms with Crippen LogP contribution in [0.1, 0.15) is 12.0 Å². The Morgan fingerprint density at radius 2 is 2.29 bits per heavy atom. The first-order chi connectivity index (χ1) is 11.2. The first-order valence-electron chi connectivity index (χ1n) is 8.22. The van der Waals surface area contributed by atoms with Crippen LogP contribution in [-0.4, -0.2) is 74.3 Å². The van der Waals surface area contributed by atoms with Crippen molar-refractivity contribution in [1.29, 1.82) is 0 Å². The number of hydrogen-bond donors (Lipinski definition) is 1. The normalized spacial score (nSPS) is 17.9. The molecule has 1 fully saturated rings. The minimum absolute atomic E-state index is 0. The van der Waals surface area contributed by atoms with E-state index < -0.39 is 0 Å². The van der Waals surface area contributed by atoms with Gasteiger partial charge in [-0.15, -0.1) is 24.0 Å². The van der Waals surface area contributed by atoms with E-state index in [0.29, 0.717) is 19.1 Å². The molecule has 138 valence electrons. The van der Waals surface area contributed by atoms with Crippen LogP contribution in [0.2, 0.25) is 0 Å². The van der Waals surface area contributed by atoms with Crippen molar-refractivity contribution in [2.75, 3.05) is 53.6 Å². The molecule has 0 spiro atoms. The summed E-state index contributed by atoms with van der Waals surface area (Å²) in [5.41, 5.74) is 1.24. The maximum absolute atomic E-state index is 5.64. The van der Waals surface area contributed by atoms with Crippen LogP contribution in [-0.2, 0) is 22.9 Å². The Balaban J connectivity index is 0.00000288. The fraction of sp³-hybridized carbons (Fsp3) is 0.750. The lowest BCUT2D eigenvalue weighted by Gasteiger charge is -2.21. The van der Waals surface area contributed by atoms with E-state index >= 15 is 0 Å². The number of nitrogens with one attached hydrogen (secondary N) is 1. The lowest BCUT2D eigenvalue weighted by atomic mass is 10.1. The smallest absolute Gasteiger partial charge is 0.193 e. The predicted molar refractivity (Wildman–Crippen MR) is 106 cm³/mol. The lowest BCUT2D eigenvalue weighted by Crippen LogP contribution is -2.41. The molecule has 0 radical (unpaired) electrons. The van der Waals surface area contributed by atoms with Crippen LogP contribution in [0.15, 0.2) is 17.4 Å². The number of aryl methyl sites for hydroxylation is 1. The molecule has 1 N–H and O–H groups in total. The van der Waals surface area contributed by atoms with Gasteiger partial charge in [0.15, 0.2) is 5.96 Å². The average Bonchev–Trinajstić information content (AvgIpc) is 3.17. The van der Waals surface area contributed by atoms with Crippen LogP contribution in [0.25, 0.3) is 0 Å². The molecule has 7 nitrogen and oxygen atoms in total. The number of aromatic nitrogens is 2. The van der Waals surface area contributed by atoms with Gasteiger partial charge in [0, 0.05) is 53.0 Å². The van der Waals surface area contributed by atoms with E-state index in [1.807, 2.05) is 31.2 Å². The molecule has 2 heterocycles. The summed E-state index contributed by atoms with van der Waals surface area (Å²) in [6, 6.07) is 0. The molecule has 2 rings (SSSR count). The highest BCUT2D eigenvalue weighted by atomic mass is 127. The maximum Gasteiger partial charge on any atom is 0.193 e. The Morgan fingerprint density at radius 3 is 2.96 bits per heavy atom. The van der Waals surface area contributed by atoms with Crippen LogP contribution >= 0.6 is 24.0 Å². The predicted octanol–water partition coefficient (Wildman–Crippen LogP) is 1.14. The van der Waals surface area contributed by atoms with Crippen LogP contribution < -0.4 is 5.32 Å². The second-order valence-corrected chi connectivity index (χ2v) is 5.91. The Bertz CT molecular complexity index is 495. The topological polar surface area (TPSA) is 63.9 Å². The maximum atomic E-state index is 5.64. The largest absolute Gasteiger partial charge is 0.382 e. The van der Waals surface area contributed by atoms with Crippen LogP contribution in [0.5, 0.6) is 0 Å². The fourth-order valence-electron chi connectivity index (χ4n) is 2.81. The van der Waals surface area contributed by atoms with E-state index in [9.17, 15) is 0 Å². The number of methoxy groups -OCH3 is 1. The van der Waals surface area contributed by atoms with E-state index in [2.05, 4.69) is 20.3 Å². The third kappa shape index (κ3) is 6.94. The van der Waals surface area contributed by atoms with Crippen molar-refractivity contribution in [3.63, 3.8) is 0 Å². The molecule has 0 bridgehead atoms. The fourth-order valence-corrected chi connectivity index (χ4v) is 2.81. The van der Waals surface area contributed by atoms with Crippen molar-refractivity contribution < 1.29 is 9.47 Å². The summed E-state index contributed by atoms with van der Waals surface area (Å²) >= 11 is 0. The molecule has 1 aliphatic heterocycles. The van der Waals surface area contributed by atoms with E-state index in [0.717, 1.165) is 45.0 Å². The van der Waals surface area contributed by atoms with Gasteiger partial charge < -0.3 is 19.7 Å². The van der Waals surface area contributed by atoms with Gasteiger partial charge in [-0.25, -0.2) is 0 Å². The van der Waals surface area contributed by atoms with Gasteiger partial charge in [0.2, 0.25) is 0 Å². The van der Waals surface area contributed by atoms with E-state index in [1.165, 1.54) is 5.56 Å². The average molecular weight is 451 g/mol. The van der Waals surface area contributed by atoms with Crippen molar-refractivity contribution >= 4 is 29.9 Å². The zero-order chi connectivity index (χ0) is 16.5. The molecule has 0 saturated carbocycles. The van der Waals surface area contributed by atoms with Gasteiger partial charge in [0.05, 0.1) is 26.0 Å². The third-order valence-electron chi connectivity index (χ3n) is 4.04. The van der Waals surface area contributed by atoms with Crippen LogP contribution in [0, 0.1) is 5.92 Å². The Hall–Kier alpha value is -0.870. The quantitative estimate of drug-likeness (QED) is 0.278. The zero-order valence-electron chi connectivity index (χ0n) is 14.9. The molecule has 1 unspecified atom stereocenters. The molecular weight excluding hydrogens is 421 g/mol. The standard InChI is InChI=1S/C16H29N5O2.HI/c1-17-16(18-6-4-14-10-19-20(2)11-14)21-7-5-15(12-21)13-23-9-8-22-3;/h10-11,15H,4-9,12-13H2,1-3H3,(H,17,18);1H. The summed E-state index contributed by atoms with van der Waals surface area (Å²) in [5.74, 6) is 1.55. The molecular formula is C16H30IN5O2. The number of guanidine groups is 1. The molecule has 1 aromatic rings. The molecule has 0 amide bonds. The summed E-state index contributed by atoms with van der Waals surface area (Å²) in [6.07, 6.45) is 6.06. The molecule has 8 heteroatoms. The van der Waals surface area contributed by atoms with Crippen LogP contribution in [0.4, 0.5) is 0 Å². The molecule has 1 atom stereocenters. The highest BCUT2D eigenvalue weighted by molar-refractivity contribution is 14.0. The summed E-state index contributed by atoms with van der Waals surface area (Å²) < 4.78 is 12.5. The number of rotatable bonds is 8. The number of nitrogens with zero attached hydrogens (tertiary/aromatic N) is 4. The summed E-state index contributed by atoms with van der Waals surface area (Å²) in [7, 11) is 5.48. The van der Waals surface area contributed by atoms with E-state index in [4.69, 9.17) is 9.47 Å². The number of aliphatic imine (C=N–C) groups is 1. The minimum atomic E-state index is 0. The van der Waals surface area contributed by atoms with Crippen molar-refractivity contribution in [2.45, 2.75) is 12.8 Å². The Morgan fingerprint density at radius 1 is 1.46 bits per heavy atom. The van der Waals surface area contributed by atoms with Crippen molar-refractivity contribution in [1.82, 2.24) is 20.0 Å². The first kappa shape index (κ1) is 21.2. The summed E-state index contributed by atoms with van der Waals surface area (Å²) in [6.45, 7) is 5.03. The highest BCUT2D eigenvalue weighted by Crippen LogP contribution is 2.16. The highest BCUT2D eigenvalue weighted by Gasteiger charge is 2.24. The molecule has 1 aromatic heterocycles. The Kier molecular flexibility index (Phi) is 10.3. The van der Waals surface area contributed by atoms with Gasteiger partial charge in [0.1, 0.15) is 0 Å². The van der Waals surface area contributed by atoms with Gasteiger partial charge in [-0.3, -0.25) is 9.67 Å². The molecule has 1 saturated heterocycles. The van der Waals surface area contributed by atoms with Gasteiger partial charge in [0.25, 0.3) is 0 Å². The number of ether oxygens (including phenoxy) is 2. The first-order valence-corrected chi connectivity index (χ1v) is 8.22. The molecule has 0 aliphatic carbocycles. The monoisotopic (exact) mass is 451 g/mol. The number of halogens is 1. The number of likely N-dealkylation sites (tertiary alicyclic amines) is 1. The van der Waals surface area contributed by atoms with Crippen LogP contribution in [0.3, 0.4) is 0 Å². The zero-order valence-corrected chi connectivity index (χ0v) is 17.2. The van der Waals surface area contributed by atoms with E-state index in [1.54, 1.807) is 7.11 Å². The van der Waals surface area contributed by atoms with Crippen molar-refractivity contribution in [2.24, 2.45) is 18.0 Å². The third-order valence-corrected chi connectivity index (χ3v) is 4.04. The minimum Gasteiger partial charge on any atom is -0.382 e. The van der Waals surface area contributed by atoms with Crippen molar-refractivity contribution in [3.05, 3.63) is 18.0 Å². The van der Waals surface area contributed by atoms with Gasteiger partial charge >= 0.3 is 0 Å². The van der Waals surface area contributed by atoms with Crippen molar-refractivity contribution in [3.8, 4) is 0 Å². The lowest BCUT2D eigenvalue weighted by molar-refractivity contribution is 0.0536. The molecule has 0 aromatic carbocycles. The van der Waals surface area contributed by atoms with Gasteiger partial charge in [-0.05, 0) is 18.4 Å². The molecule has 24 heavy (non-hydrogen) atoms. The molecule has 1 aliphatic rings. The SMILES string of the molecule is CN=C(NCCc1cnn(C)c1)N1CCC(COCCOC)C1.I. The van der Waals surface area contributed by atoms with Gasteiger partial charge in [-0.2, -0.15) is 5.10 Å². The van der Waals surface area contributed by atoms with Gasteiger partial charge in [-0.1, -0.05) is 0 Å². The summed E-state index contributed by atoms with van der Waals surface area (Å²) in [4.78, 5) is 6.71. The second kappa shape index (κ2) is 11.6. The van der Waals surface area contributed by atoms with E-state index in [-0.39, 0.29) is 24.0 Å². The number of hydrogen-bond acceptors (Lipinski definition) is 4. The Labute approximate surface area is 161 Å².